The molecule has 0 radical (unpaired) electrons. The fourth-order valence-electron chi connectivity index (χ4n) is 4.26. The van der Waals surface area contributed by atoms with Gasteiger partial charge in [-0.1, -0.05) is 19.3 Å². The summed E-state index contributed by atoms with van der Waals surface area (Å²) in [5.74, 6) is 0.689. The Balaban J connectivity index is 1.45. The van der Waals surface area contributed by atoms with Crippen molar-refractivity contribution in [1.82, 2.24) is 5.32 Å². The number of hydrogen-bond donors (Lipinski definition) is 2. The largest absolute Gasteiger partial charge is 0.494 e. The zero-order valence-corrected chi connectivity index (χ0v) is 18.6. The summed E-state index contributed by atoms with van der Waals surface area (Å²) < 4.78 is 33.7. The van der Waals surface area contributed by atoms with Crippen LogP contribution in [0.15, 0.2) is 47.4 Å². The van der Waals surface area contributed by atoms with E-state index >= 15 is 0 Å². The smallest absolute Gasteiger partial charge is 0.322 e. The van der Waals surface area contributed by atoms with E-state index in [2.05, 4.69) is 10.0 Å². The van der Waals surface area contributed by atoms with Crippen LogP contribution in [0.1, 0.15) is 44.6 Å². The Morgan fingerprint density at radius 2 is 1.84 bits per heavy atom. The van der Waals surface area contributed by atoms with Crippen molar-refractivity contribution in [1.29, 1.82) is 0 Å². The third kappa shape index (κ3) is 4.95. The van der Waals surface area contributed by atoms with Gasteiger partial charge in [-0.3, -0.25) is 9.62 Å². The molecule has 0 spiro atoms. The quantitative estimate of drug-likeness (QED) is 0.697. The van der Waals surface area contributed by atoms with Crippen LogP contribution in [-0.2, 0) is 16.4 Å². The van der Waals surface area contributed by atoms with Crippen molar-refractivity contribution < 1.29 is 17.9 Å². The van der Waals surface area contributed by atoms with E-state index in [1.807, 2.05) is 6.92 Å². The summed E-state index contributed by atoms with van der Waals surface area (Å²) in [7, 11) is -3.73. The predicted octanol–water partition coefficient (Wildman–Crippen LogP) is 4.29. The van der Waals surface area contributed by atoms with Gasteiger partial charge in [0.05, 0.1) is 11.5 Å². The fourth-order valence-corrected chi connectivity index (χ4v) is 5.36. The highest BCUT2D eigenvalue weighted by Crippen LogP contribution is 2.31. The molecule has 1 fully saturated rings. The molecule has 1 saturated carbocycles. The molecule has 2 aromatic rings. The van der Waals surface area contributed by atoms with Gasteiger partial charge in [-0.2, -0.15) is 0 Å². The summed E-state index contributed by atoms with van der Waals surface area (Å²) in [6.07, 6.45) is 6.25. The van der Waals surface area contributed by atoms with Gasteiger partial charge in [0.2, 0.25) is 0 Å². The summed E-state index contributed by atoms with van der Waals surface area (Å²) in [5.41, 5.74) is 2.12. The molecule has 0 bridgehead atoms. The zero-order chi connectivity index (χ0) is 21.8. The van der Waals surface area contributed by atoms with E-state index in [4.69, 9.17) is 4.74 Å². The molecule has 0 saturated heterocycles. The van der Waals surface area contributed by atoms with Crippen molar-refractivity contribution in [2.75, 3.05) is 22.8 Å². The number of rotatable bonds is 6. The molecule has 166 valence electrons. The molecule has 2 amide bonds. The maximum absolute atomic E-state index is 12.9. The van der Waals surface area contributed by atoms with Crippen LogP contribution in [-0.4, -0.2) is 33.6 Å². The molecule has 31 heavy (non-hydrogen) atoms. The lowest BCUT2D eigenvalue weighted by Crippen LogP contribution is -2.45. The average Bonchev–Trinajstić information content (AvgIpc) is 3.19. The van der Waals surface area contributed by atoms with Crippen LogP contribution >= 0.6 is 0 Å². The first-order valence-corrected chi connectivity index (χ1v) is 12.4. The van der Waals surface area contributed by atoms with Gasteiger partial charge in [0.1, 0.15) is 5.75 Å². The third-order valence-corrected chi connectivity index (χ3v) is 7.23. The highest BCUT2D eigenvalue weighted by atomic mass is 32.2. The van der Waals surface area contributed by atoms with Gasteiger partial charge in [0.15, 0.2) is 0 Å². The highest BCUT2D eigenvalue weighted by Gasteiger charge is 2.28. The minimum Gasteiger partial charge on any atom is -0.494 e. The van der Waals surface area contributed by atoms with E-state index in [0.29, 0.717) is 31.0 Å². The maximum Gasteiger partial charge on any atom is 0.322 e. The number of carbonyl (C=O) groups excluding carboxylic acids is 1. The van der Waals surface area contributed by atoms with Gasteiger partial charge >= 0.3 is 6.03 Å². The molecule has 7 nitrogen and oxygen atoms in total. The van der Waals surface area contributed by atoms with Crippen LogP contribution in [0.5, 0.6) is 5.75 Å². The number of anilines is 2. The Morgan fingerprint density at radius 3 is 2.55 bits per heavy atom. The van der Waals surface area contributed by atoms with Crippen molar-refractivity contribution in [2.24, 2.45) is 0 Å². The lowest BCUT2D eigenvalue weighted by molar-refractivity contribution is 0.238. The number of fused-ring (bicyclic) bond motifs is 1. The van der Waals surface area contributed by atoms with E-state index < -0.39 is 10.0 Å². The number of urea groups is 1. The Labute approximate surface area is 183 Å². The van der Waals surface area contributed by atoms with E-state index in [1.165, 1.54) is 6.42 Å². The van der Waals surface area contributed by atoms with Gasteiger partial charge in [0.25, 0.3) is 10.0 Å². The maximum atomic E-state index is 12.9. The molecule has 0 unspecified atom stereocenters. The first-order valence-electron chi connectivity index (χ1n) is 10.9. The number of nitrogens with zero attached hydrogens (tertiary/aromatic N) is 1. The number of amides is 2. The third-order valence-electron chi connectivity index (χ3n) is 5.85. The highest BCUT2D eigenvalue weighted by molar-refractivity contribution is 7.92. The number of nitrogens with one attached hydrogen (secondary N) is 2. The fraction of sp³-hybridized carbons (Fsp3) is 0.435. The molecule has 0 aromatic heterocycles. The molecule has 2 N–H and O–H groups in total. The van der Waals surface area contributed by atoms with E-state index in [1.54, 1.807) is 47.4 Å². The summed E-state index contributed by atoms with van der Waals surface area (Å²) in [6, 6.07) is 11.9. The Hall–Kier alpha value is -2.74. The van der Waals surface area contributed by atoms with E-state index in [9.17, 15) is 13.2 Å². The lowest BCUT2D eigenvalue weighted by Gasteiger charge is -2.26. The topological polar surface area (TPSA) is 87.7 Å². The summed E-state index contributed by atoms with van der Waals surface area (Å²) >= 11 is 0. The van der Waals surface area contributed by atoms with Crippen molar-refractivity contribution in [3.05, 3.63) is 48.0 Å². The molecule has 1 heterocycles. The minimum atomic E-state index is -3.73. The zero-order valence-electron chi connectivity index (χ0n) is 17.8. The molecule has 0 atom stereocenters. The van der Waals surface area contributed by atoms with Crippen LogP contribution in [0.2, 0.25) is 0 Å². The number of ether oxygens (including phenoxy) is 1. The van der Waals surface area contributed by atoms with Crippen LogP contribution in [0.25, 0.3) is 0 Å². The molecular weight excluding hydrogens is 414 g/mol. The Kier molecular flexibility index (Phi) is 6.36. The number of sulfonamides is 1. The second-order valence-corrected chi connectivity index (χ2v) is 9.72. The first kappa shape index (κ1) is 21.5. The molecule has 2 aliphatic rings. The van der Waals surface area contributed by atoms with Gasteiger partial charge in [0, 0.05) is 24.0 Å². The van der Waals surface area contributed by atoms with Crippen molar-refractivity contribution in [2.45, 2.75) is 56.4 Å². The first-order chi connectivity index (χ1) is 15.0. The molecular formula is C23H29N3O4S. The summed E-state index contributed by atoms with van der Waals surface area (Å²) in [4.78, 5) is 14.7. The molecule has 8 heteroatoms. The molecule has 1 aliphatic carbocycles. The number of carbonyl (C=O) groups is 1. The monoisotopic (exact) mass is 443 g/mol. The van der Waals surface area contributed by atoms with Gasteiger partial charge in [-0.15, -0.1) is 0 Å². The minimum absolute atomic E-state index is 0.0891. The molecule has 1 aliphatic heterocycles. The Bertz CT molecular complexity index is 1030. The number of hydrogen-bond acceptors (Lipinski definition) is 4. The van der Waals surface area contributed by atoms with Crippen LogP contribution < -0.4 is 19.7 Å². The van der Waals surface area contributed by atoms with Crippen molar-refractivity contribution >= 4 is 27.4 Å². The standard InChI is InChI=1S/C23H29N3O4S/c1-2-30-20-10-8-19(9-11-20)25-31(28,29)21-12-13-22-17(16-21)14-15-26(22)23(27)24-18-6-4-3-5-7-18/h8-13,16,18,25H,2-7,14-15H2,1H3,(H,24,27). The second kappa shape index (κ2) is 9.18. The normalized spacial score (nSPS) is 16.6. The predicted molar refractivity (Wildman–Crippen MR) is 121 cm³/mol. The molecule has 2 aromatic carbocycles. The van der Waals surface area contributed by atoms with Gasteiger partial charge in [-0.25, -0.2) is 13.2 Å². The van der Waals surface area contributed by atoms with E-state index in [-0.39, 0.29) is 17.0 Å². The second-order valence-electron chi connectivity index (χ2n) is 8.04. The van der Waals surface area contributed by atoms with Crippen molar-refractivity contribution in [3.63, 3.8) is 0 Å². The van der Waals surface area contributed by atoms with E-state index in [0.717, 1.165) is 36.9 Å². The van der Waals surface area contributed by atoms with Crippen LogP contribution in [0.3, 0.4) is 0 Å². The lowest BCUT2D eigenvalue weighted by atomic mass is 9.96. The number of benzene rings is 2. The summed E-state index contributed by atoms with van der Waals surface area (Å²) in [6.45, 7) is 3.00. The van der Waals surface area contributed by atoms with Crippen molar-refractivity contribution in [3.8, 4) is 5.75 Å². The average molecular weight is 444 g/mol. The van der Waals surface area contributed by atoms with Gasteiger partial charge < -0.3 is 10.1 Å². The van der Waals surface area contributed by atoms with Gasteiger partial charge in [-0.05, 0) is 74.2 Å². The molecule has 4 rings (SSSR count). The van der Waals surface area contributed by atoms with Crippen LogP contribution in [0.4, 0.5) is 16.2 Å². The SMILES string of the molecule is CCOc1ccc(NS(=O)(=O)c2ccc3c(c2)CCN3C(=O)NC2CCCCC2)cc1. The van der Waals surface area contributed by atoms with Crippen LogP contribution in [0, 0.1) is 0 Å². The Morgan fingerprint density at radius 1 is 1.10 bits per heavy atom. The summed E-state index contributed by atoms with van der Waals surface area (Å²) in [5, 5.41) is 3.14.